The van der Waals surface area contributed by atoms with Crippen molar-refractivity contribution in [2.75, 3.05) is 19.5 Å². The number of rotatable bonds is 5. The monoisotopic (exact) mass is 270 g/mol. The first kappa shape index (κ1) is 13.9. The highest BCUT2D eigenvalue weighted by atomic mass is 16.5. The minimum Gasteiger partial charge on any atom is -0.497 e. The van der Waals surface area contributed by atoms with Gasteiger partial charge in [-0.25, -0.2) is 0 Å². The van der Waals surface area contributed by atoms with Gasteiger partial charge in [0.2, 0.25) is 0 Å². The molecule has 20 heavy (non-hydrogen) atoms. The summed E-state index contributed by atoms with van der Waals surface area (Å²) >= 11 is 0. The number of nitrogens with one attached hydrogen (secondary N) is 2. The van der Waals surface area contributed by atoms with Crippen molar-refractivity contribution < 1.29 is 9.53 Å². The third-order valence-electron chi connectivity index (χ3n) is 3.02. The molecule has 0 aliphatic carbocycles. The summed E-state index contributed by atoms with van der Waals surface area (Å²) in [6.45, 7) is 0.476. The Morgan fingerprint density at radius 2 is 1.90 bits per heavy atom. The molecule has 2 rings (SSSR count). The molecular formula is C16H18N2O2. The highest BCUT2D eigenvalue weighted by molar-refractivity contribution is 5.94. The number of anilines is 1. The second-order valence-electron chi connectivity index (χ2n) is 4.36. The maximum Gasteiger partial charge on any atom is 0.251 e. The molecule has 0 atom stereocenters. The summed E-state index contributed by atoms with van der Waals surface area (Å²) in [5.74, 6) is 0.700. The number of ether oxygens (including phenoxy) is 1. The maximum atomic E-state index is 12.0. The fraction of sp³-hybridized carbons (Fsp3) is 0.188. The molecule has 0 aliphatic rings. The van der Waals surface area contributed by atoms with Crippen molar-refractivity contribution in [2.24, 2.45) is 0 Å². The van der Waals surface area contributed by atoms with E-state index in [2.05, 4.69) is 10.6 Å². The smallest absolute Gasteiger partial charge is 0.251 e. The largest absolute Gasteiger partial charge is 0.497 e. The van der Waals surface area contributed by atoms with Gasteiger partial charge in [0.05, 0.1) is 7.11 Å². The summed E-state index contributed by atoms with van der Waals surface area (Å²) in [6.07, 6.45) is 0. The number of carbonyl (C=O) groups is 1. The van der Waals surface area contributed by atoms with E-state index in [1.165, 1.54) is 0 Å². The van der Waals surface area contributed by atoms with E-state index in [1.807, 2.05) is 43.4 Å². The van der Waals surface area contributed by atoms with Crippen LogP contribution >= 0.6 is 0 Å². The second kappa shape index (κ2) is 6.61. The van der Waals surface area contributed by atoms with E-state index in [0.29, 0.717) is 12.1 Å². The van der Waals surface area contributed by atoms with Crippen LogP contribution in [0.5, 0.6) is 5.75 Å². The number of amides is 1. The van der Waals surface area contributed by atoms with Crippen LogP contribution in [-0.4, -0.2) is 20.1 Å². The van der Waals surface area contributed by atoms with Gasteiger partial charge >= 0.3 is 0 Å². The zero-order chi connectivity index (χ0) is 14.4. The molecule has 0 unspecified atom stereocenters. The van der Waals surface area contributed by atoms with Crippen molar-refractivity contribution in [3.8, 4) is 5.75 Å². The van der Waals surface area contributed by atoms with Crippen molar-refractivity contribution in [1.82, 2.24) is 5.32 Å². The summed E-state index contributed by atoms with van der Waals surface area (Å²) in [6, 6.07) is 15.0. The molecule has 104 valence electrons. The topological polar surface area (TPSA) is 50.4 Å². The van der Waals surface area contributed by atoms with Crippen LogP contribution in [0.1, 0.15) is 15.9 Å². The van der Waals surface area contributed by atoms with E-state index < -0.39 is 0 Å². The predicted octanol–water partition coefficient (Wildman–Crippen LogP) is 2.67. The predicted molar refractivity (Wildman–Crippen MR) is 80.2 cm³/mol. The van der Waals surface area contributed by atoms with Gasteiger partial charge in [0, 0.05) is 24.8 Å². The molecule has 0 heterocycles. The number of hydrogen-bond acceptors (Lipinski definition) is 3. The molecule has 0 spiro atoms. The lowest BCUT2D eigenvalue weighted by molar-refractivity contribution is 0.0951. The summed E-state index contributed by atoms with van der Waals surface area (Å²) in [5, 5.41) is 5.91. The zero-order valence-electron chi connectivity index (χ0n) is 11.6. The molecule has 0 aliphatic heterocycles. The first-order valence-electron chi connectivity index (χ1n) is 6.42. The van der Waals surface area contributed by atoms with Crippen molar-refractivity contribution in [2.45, 2.75) is 6.54 Å². The first-order valence-corrected chi connectivity index (χ1v) is 6.42. The van der Waals surface area contributed by atoms with Crippen LogP contribution < -0.4 is 15.4 Å². The Morgan fingerprint density at radius 1 is 1.15 bits per heavy atom. The molecule has 2 aromatic rings. The van der Waals surface area contributed by atoms with Crippen molar-refractivity contribution in [3.05, 3.63) is 59.7 Å². The maximum absolute atomic E-state index is 12.0. The lowest BCUT2D eigenvalue weighted by Crippen LogP contribution is -2.22. The van der Waals surface area contributed by atoms with E-state index >= 15 is 0 Å². The van der Waals surface area contributed by atoms with E-state index in [1.54, 1.807) is 19.2 Å². The van der Waals surface area contributed by atoms with Gasteiger partial charge in [0.1, 0.15) is 5.75 Å². The van der Waals surface area contributed by atoms with Crippen LogP contribution in [0, 0.1) is 0 Å². The Labute approximate surface area is 118 Å². The Kier molecular flexibility index (Phi) is 4.60. The lowest BCUT2D eigenvalue weighted by Gasteiger charge is -2.07. The van der Waals surface area contributed by atoms with Crippen LogP contribution in [0.25, 0.3) is 0 Å². The summed E-state index contributed by atoms with van der Waals surface area (Å²) in [4.78, 5) is 12.0. The minimum absolute atomic E-state index is 0.0875. The average Bonchev–Trinajstić information content (AvgIpc) is 2.53. The Balaban J connectivity index is 1.97. The van der Waals surface area contributed by atoms with Gasteiger partial charge in [-0.15, -0.1) is 0 Å². The quantitative estimate of drug-likeness (QED) is 0.878. The van der Waals surface area contributed by atoms with Crippen LogP contribution in [0.15, 0.2) is 48.5 Å². The molecular weight excluding hydrogens is 252 g/mol. The van der Waals surface area contributed by atoms with Crippen LogP contribution in [0.2, 0.25) is 0 Å². The Hall–Kier alpha value is -2.49. The Bertz CT molecular complexity index is 579. The van der Waals surface area contributed by atoms with E-state index in [9.17, 15) is 4.79 Å². The highest BCUT2D eigenvalue weighted by Gasteiger charge is 2.05. The van der Waals surface area contributed by atoms with E-state index in [4.69, 9.17) is 4.74 Å². The zero-order valence-corrected chi connectivity index (χ0v) is 11.6. The number of methoxy groups -OCH3 is 1. The first-order chi connectivity index (χ1) is 9.72. The van der Waals surface area contributed by atoms with Gasteiger partial charge in [0.15, 0.2) is 0 Å². The van der Waals surface area contributed by atoms with Crippen molar-refractivity contribution >= 4 is 11.6 Å². The van der Waals surface area contributed by atoms with Crippen molar-refractivity contribution in [3.63, 3.8) is 0 Å². The second-order valence-corrected chi connectivity index (χ2v) is 4.36. The average molecular weight is 270 g/mol. The van der Waals surface area contributed by atoms with E-state index in [0.717, 1.165) is 17.0 Å². The van der Waals surface area contributed by atoms with Crippen LogP contribution in [0.3, 0.4) is 0 Å². The molecule has 1 amide bonds. The van der Waals surface area contributed by atoms with E-state index in [-0.39, 0.29) is 5.91 Å². The van der Waals surface area contributed by atoms with Gasteiger partial charge in [-0.3, -0.25) is 4.79 Å². The van der Waals surface area contributed by atoms with Gasteiger partial charge in [0.25, 0.3) is 5.91 Å². The summed E-state index contributed by atoms with van der Waals surface area (Å²) in [7, 11) is 3.47. The molecule has 0 saturated heterocycles. The molecule has 2 aromatic carbocycles. The van der Waals surface area contributed by atoms with Crippen molar-refractivity contribution in [1.29, 1.82) is 0 Å². The number of hydrogen-bond donors (Lipinski definition) is 2. The normalized spacial score (nSPS) is 9.90. The molecule has 0 fully saturated rings. The standard InChI is InChI=1S/C16H18N2O2/c1-17-14-8-6-13(7-9-14)16(19)18-11-12-4-3-5-15(10-12)20-2/h3-10,17H,11H2,1-2H3,(H,18,19). The SMILES string of the molecule is CNc1ccc(C(=O)NCc2cccc(OC)c2)cc1. The fourth-order valence-electron chi connectivity index (χ4n) is 1.86. The van der Waals surface area contributed by atoms with Gasteiger partial charge in [-0.2, -0.15) is 0 Å². The molecule has 4 heteroatoms. The molecule has 0 bridgehead atoms. The van der Waals surface area contributed by atoms with Gasteiger partial charge in [-0.1, -0.05) is 12.1 Å². The van der Waals surface area contributed by atoms with Crippen LogP contribution in [-0.2, 0) is 6.54 Å². The molecule has 2 N–H and O–H groups in total. The fourth-order valence-corrected chi connectivity index (χ4v) is 1.86. The Morgan fingerprint density at radius 3 is 2.55 bits per heavy atom. The molecule has 0 aromatic heterocycles. The third kappa shape index (κ3) is 3.51. The summed E-state index contributed by atoms with van der Waals surface area (Å²) in [5.41, 5.74) is 2.63. The summed E-state index contributed by atoms with van der Waals surface area (Å²) < 4.78 is 5.15. The van der Waals surface area contributed by atoms with Gasteiger partial charge in [-0.05, 0) is 42.0 Å². The molecule has 0 saturated carbocycles. The molecule has 4 nitrogen and oxygen atoms in total. The lowest BCUT2D eigenvalue weighted by atomic mass is 10.1. The number of carbonyl (C=O) groups excluding carboxylic acids is 1. The third-order valence-corrected chi connectivity index (χ3v) is 3.02. The van der Waals surface area contributed by atoms with Gasteiger partial charge < -0.3 is 15.4 Å². The van der Waals surface area contributed by atoms with Crippen LogP contribution in [0.4, 0.5) is 5.69 Å². The number of benzene rings is 2. The minimum atomic E-state index is -0.0875. The highest BCUT2D eigenvalue weighted by Crippen LogP contribution is 2.13. The molecule has 0 radical (unpaired) electrons.